The minimum Gasteiger partial charge on any atom is -0.542 e. The molecule has 0 bridgehead atoms. The molecule has 0 aliphatic carbocycles. The standard InChI is InChI=1S/C4H5O3.Y/c5-3-1-2-4(6)7;/h1-2H2,(H,6,7);/q-1;. The summed E-state index contributed by atoms with van der Waals surface area (Å²) >= 11 is 0. The molecule has 0 amide bonds. The van der Waals surface area contributed by atoms with Crippen LogP contribution < -0.4 is 0 Å². The van der Waals surface area contributed by atoms with Gasteiger partial charge in [-0.2, -0.15) is 0 Å². The van der Waals surface area contributed by atoms with Crippen LogP contribution in [0.3, 0.4) is 0 Å². The van der Waals surface area contributed by atoms with E-state index in [1.165, 1.54) is 6.29 Å². The Balaban J connectivity index is 0. The molecular formula is C4H5O3Y-. The van der Waals surface area contributed by atoms with E-state index >= 15 is 0 Å². The van der Waals surface area contributed by atoms with Crippen LogP contribution >= 0.6 is 0 Å². The Morgan fingerprint density at radius 1 is 1.62 bits per heavy atom. The fourth-order valence-corrected chi connectivity index (χ4v) is 0.158. The molecule has 8 heavy (non-hydrogen) atoms. The second-order valence-corrected chi connectivity index (χ2v) is 1.04. The van der Waals surface area contributed by atoms with E-state index in [-0.39, 0.29) is 45.6 Å². The second-order valence-electron chi connectivity index (χ2n) is 1.04. The molecule has 0 heterocycles. The maximum atomic E-state index is 9.58. The first-order valence-electron chi connectivity index (χ1n) is 1.84. The van der Waals surface area contributed by atoms with Gasteiger partial charge in [0.2, 0.25) is 0 Å². The van der Waals surface area contributed by atoms with E-state index in [1.54, 1.807) is 0 Å². The van der Waals surface area contributed by atoms with Gasteiger partial charge in [0.25, 0.3) is 0 Å². The van der Waals surface area contributed by atoms with Crippen molar-refractivity contribution in [3.63, 3.8) is 0 Å². The summed E-state index contributed by atoms with van der Waals surface area (Å²) in [5, 5.41) is 7.87. The van der Waals surface area contributed by atoms with Crippen molar-refractivity contribution in [2.24, 2.45) is 0 Å². The molecular weight excluding hydrogens is 185 g/mol. The van der Waals surface area contributed by atoms with Crippen LogP contribution in [0.1, 0.15) is 12.8 Å². The predicted octanol–water partition coefficient (Wildman–Crippen LogP) is -0.0416. The third kappa shape index (κ3) is 9.53. The maximum absolute atomic E-state index is 9.58. The SMILES string of the molecule is O=[C-]CCC(=O)O.[Y]. The van der Waals surface area contributed by atoms with Gasteiger partial charge in [-0.3, -0.25) is 11.1 Å². The fourth-order valence-electron chi connectivity index (χ4n) is 0.158. The number of carbonyl (C=O) groups excluding carboxylic acids is 1. The number of aliphatic carboxylic acids is 1. The second kappa shape index (κ2) is 7.24. The van der Waals surface area contributed by atoms with Crippen LogP contribution in [0, 0.1) is 0 Å². The summed E-state index contributed by atoms with van der Waals surface area (Å²) < 4.78 is 0. The summed E-state index contributed by atoms with van der Waals surface area (Å²) in [6, 6.07) is 0. The molecule has 0 aliphatic rings. The molecule has 43 valence electrons. The Morgan fingerprint density at radius 3 is 2.25 bits per heavy atom. The molecule has 0 aromatic heterocycles. The molecule has 0 atom stereocenters. The molecule has 1 radical (unpaired) electrons. The zero-order valence-corrected chi connectivity index (χ0v) is 7.09. The molecule has 0 spiro atoms. The van der Waals surface area contributed by atoms with Gasteiger partial charge in [0.1, 0.15) is 0 Å². The van der Waals surface area contributed by atoms with Crippen molar-refractivity contribution in [3.05, 3.63) is 0 Å². The summed E-state index contributed by atoms with van der Waals surface area (Å²) in [6.45, 7) is 0. The van der Waals surface area contributed by atoms with Gasteiger partial charge in [0, 0.05) is 39.1 Å². The van der Waals surface area contributed by atoms with Gasteiger partial charge < -0.3 is 9.90 Å². The summed E-state index contributed by atoms with van der Waals surface area (Å²) in [7, 11) is 0. The average molecular weight is 190 g/mol. The molecule has 0 rings (SSSR count). The average Bonchev–Trinajstić information content (AvgIpc) is 1.61. The number of carbonyl (C=O) groups is 1. The Hall–Kier alpha value is 0.244. The zero-order valence-electron chi connectivity index (χ0n) is 4.26. The molecule has 3 nitrogen and oxygen atoms in total. The number of hydrogen-bond donors (Lipinski definition) is 1. The fraction of sp³-hybridized carbons (Fsp3) is 0.500. The minimum atomic E-state index is -0.955. The Bertz CT molecular complexity index is 81.4. The van der Waals surface area contributed by atoms with Crippen LogP contribution in [0.5, 0.6) is 0 Å². The Morgan fingerprint density at radius 2 is 2.12 bits per heavy atom. The summed E-state index contributed by atoms with van der Waals surface area (Å²) in [6.07, 6.45) is 1.36. The van der Waals surface area contributed by atoms with Gasteiger partial charge in [-0.15, -0.1) is 6.42 Å². The van der Waals surface area contributed by atoms with Gasteiger partial charge in [0.15, 0.2) is 0 Å². The first kappa shape index (κ1) is 11.1. The van der Waals surface area contributed by atoms with E-state index in [9.17, 15) is 9.59 Å². The third-order valence-electron chi connectivity index (χ3n) is 0.441. The summed E-state index contributed by atoms with van der Waals surface area (Å²) in [5.74, 6) is -0.955. The van der Waals surface area contributed by atoms with Crippen LogP contribution in [-0.2, 0) is 42.3 Å². The van der Waals surface area contributed by atoms with E-state index in [0.717, 1.165) is 0 Å². The van der Waals surface area contributed by atoms with Crippen molar-refractivity contribution in [1.29, 1.82) is 0 Å². The zero-order chi connectivity index (χ0) is 5.70. The van der Waals surface area contributed by atoms with Gasteiger partial charge in [-0.05, 0) is 0 Å². The van der Waals surface area contributed by atoms with Crippen molar-refractivity contribution in [2.75, 3.05) is 0 Å². The molecule has 0 aromatic rings. The van der Waals surface area contributed by atoms with E-state index < -0.39 is 5.97 Å². The van der Waals surface area contributed by atoms with Crippen molar-refractivity contribution >= 4 is 12.3 Å². The van der Waals surface area contributed by atoms with Crippen LogP contribution in [0.2, 0.25) is 0 Å². The number of carboxylic acids is 1. The topological polar surface area (TPSA) is 54.4 Å². The summed E-state index contributed by atoms with van der Waals surface area (Å²) in [5.41, 5.74) is 0. The molecule has 0 aliphatic heterocycles. The van der Waals surface area contributed by atoms with Crippen LogP contribution in [0.25, 0.3) is 0 Å². The Kier molecular flexibility index (Phi) is 10.0. The normalized spacial score (nSPS) is 7.00. The predicted molar refractivity (Wildman–Crippen MR) is 22.6 cm³/mol. The summed E-state index contributed by atoms with van der Waals surface area (Å²) in [4.78, 5) is 18.9. The number of hydrogen-bond acceptors (Lipinski definition) is 2. The molecule has 0 aromatic carbocycles. The third-order valence-corrected chi connectivity index (χ3v) is 0.441. The smallest absolute Gasteiger partial charge is 0.300 e. The maximum Gasteiger partial charge on any atom is 0.300 e. The first-order chi connectivity index (χ1) is 3.27. The van der Waals surface area contributed by atoms with Gasteiger partial charge >= 0.3 is 5.97 Å². The van der Waals surface area contributed by atoms with E-state index in [0.29, 0.717) is 0 Å². The molecule has 0 saturated heterocycles. The van der Waals surface area contributed by atoms with Crippen molar-refractivity contribution in [2.45, 2.75) is 12.8 Å². The first-order valence-corrected chi connectivity index (χ1v) is 1.84. The van der Waals surface area contributed by atoms with Gasteiger partial charge in [-0.25, -0.2) is 0 Å². The minimum absolute atomic E-state index is 0. The quantitative estimate of drug-likeness (QED) is 0.635. The van der Waals surface area contributed by atoms with E-state index in [4.69, 9.17) is 5.11 Å². The number of rotatable bonds is 3. The van der Waals surface area contributed by atoms with Gasteiger partial charge in [0.05, 0.1) is 0 Å². The van der Waals surface area contributed by atoms with Crippen LogP contribution in [0.15, 0.2) is 0 Å². The van der Waals surface area contributed by atoms with Gasteiger partial charge in [-0.1, -0.05) is 0 Å². The molecule has 4 heteroatoms. The molecule has 0 unspecified atom stereocenters. The van der Waals surface area contributed by atoms with Crippen molar-refractivity contribution < 1.29 is 47.4 Å². The molecule has 0 fully saturated rings. The monoisotopic (exact) mass is 190 g/mol. The van der Waals surface area contributed by atoms with Crippen molar-refractivity contribution in [1.82, 2.24) is 0 Å². The van der Waals surface area contributed by atoms with E-state index in [1.807, 2.05) is 0 Å². The van der Waals surface area contributed by atoms with Crippen LogP contribution in [-0.4, -0.2) is 17.4 Å². The number of carboxylic acid groups (broad SMARTS) is 1. The van der Waals surface area contributed by atoms with Crippen molar-refractivity contribution in [3.8, 4) is 0 Å². The van der Waals surface area contributed by atoms with Crippen LogP contribution in [0.4, 0.5) is 0 Å². The molecule has 0 saturated carbocycles. The van der Waals surface area contributed by atoms with E-state index in [2.05, 4.69) is 0 Å². The largest absolute Gasteiger partial charge is 0.542 e. The molecule has 1 N–H and O–H groups in total. The Labute approximate surface area is 72.3 Å².